The molecule has 5 nitrogen and oxygen atoms in total. The number of benzene rings is 2. The van der Waals surface area contributed by atoms with Crippen LogP contribution in [0.3, 0.4) is 0 Å². The van der Waals surface area contributed by atoms with E-state index in [1.165, 1.54) is 21.9 Å². The van der Waals surface area contributed by atoms with Gasteiger partial charge in [-0.1, -0.05) is 36.4 Å². The first-order chi connectivity index (χ1) is 12.6. The second-order valence-electron chi connectivity index (χ2n) is 7.03. The Balaban J connectivity index is 1.77. The van der Waals surface area contributed by atoms with E-state index in [0.717, 1.165) is 16.8 Å². The van der Waals surface area contributed by atoms with E-state index in [1.807, 2.05) is 31.3 Å². The van der Waals surface area contributed by atoms with Gasteiger partial charge in [0, 0.05) is 46.3 Å². The Morgan fingerprint density at radius 1 is 1.12 bits per heavy atom. The van der Waals surface area contributed by atoms with Gasteiger partial charge < -0.3 is 15.3 Å². The van der Waals surface area contributed by atoms with Crippen molar-refractivity contribution in [3.63, 3.8) is 0 Å². The first kappa shape index (κ1) is 15.2. The van der Waals surface area contributed by atoms with Gasteiger partial charge in [0.15, 0.2) is 0 Å². The summed E-state index contributed by atoms with van der Waals surface area (Å²) in [4.78, 5) is 15.6. The summed E-state index contributed by atoms with van der Waals surface area (Å²) in [6, 6.07) is 16.1. The molecule has 0 saturated carbocycles. The summed E-state index contributed by atoms with van der Waals surface area (Å²) in [6.45, 7) is 0. The predicted octanol–water partition coefficient (Wildman–Crippen LogP) is 2.75. The molecule has 1 aliphatic rings. The van der Waals surface area contributed by atoms with E-state index < -0.39 is 0 Å². The van der Waals surface area contributed by atoms with Crippen LogP contribution < -0.4 is 11.1 Å². The highest BCUT2D eigenvalue weighted by Crippen LogP contribution is 2.38. The molecule has 26 heavy (non-hydrogen) atoms. The van der Waals surface area contributed by atoms with Gasteiger partial charge in [-0.15, -0.1) is 0 Å². The average Bonchev–Trinajstić information content (AvgIpc) is 3.19. The van der Waals surface area contributed by atoms with Crippen LogP contribution in [0, 0.1) is 0 Å². The van der Waals surface area contributed by atoms with Crippen LogP contribution in [-0.4, -0.2) is 21.5 Å². The van der Waals surface area contributed by atoms with Crippen LogP contribution in [0.4, 0.5) is 0 Å². The standard InChI is InChI=1S/C21H20N4O/c1-25-11-15(13-7-3-5-9-18(13)25)20-19-14(10-17(24-20)21(22)26)12-6-2-4-8-16(12)23-19/h2-9,11,17,20,23-24H,10H2,1H3,(H2,22,26). The van der Waals surface area contributed by atoms with Crippen LogP contribution in [0.5, 0.6) is 0 Å². The number of hydrogen-bond donors (Lipinski definition) is 3. The number of aromatic nitrogens is 2. The molecule has 130 valence electrons. The first-order valence-corrected chi connectivity index (χ1v) is 8.82. The molecule has 2 atom stereocenters. The lowest BCUT2D eigenvalue weighted by Crippen LogP contribution is -2.47. The molecule has 1 aliphatic heterocycles. The number of nitrogens with one attached hydrogen (secondary N) is 2. The third-order valence-electron chi connectivity index (χ3n) is 5.49. The number of rotatable bonds is 2. The van der Waals surface area contributed by atoms with E-state index in [0.29, 0.717) is 6.42 Å². The maximum absolute atomic E-state index is 12.0. The molecule has 0 fully saturated rings. The lowest BCUT2D eigenvalue weighted by molar-refractivity contribution is -0.120. The summed E-state index contributed by atoms with van der Waals surface area (Å²) in [6.07, 6.45) is 2.75. The molecule has 1 amide bonds. The van der Waals surface area contributed by atoms with Gasteiger partial charge >= 0.3 is 0 Å². The van der Waals surface area contributed by atoms with Gasteiger partial charge in [0.2, 0.25) is 5.91 Å². The molecule has 2 unspecified atom stereocenters. The first-order valence-electron chi connectivity index (χ1n) is 8.82. The van der Waals surface area contributed by atoms with Gasteiger partial charge in [0.05, 0.1) is 12.1 Å². The van der Waals surface area contributed by atoms with Crippen molar-refractivity contribution in [3.8, 4) is 0 Å². The fourth-order valence-corrected chi connectivity index (χ4v) is 4.27. The van der Waals surface area contributed by atoms with E-state index in [9.17, 15) is 4.79 Å². The van der Waals surface area contributed by atoms with Crippen molar-refractivity contribution in [2.24, 2.45) is 12.8 Å². The number of H-pyrrole nitrogens is 1. The van der Waals surface area contributed by atoms with Crippen molar-refractivity contribution >= 4 is 27.7 Å². The number of carbonyl (C=O) groups excluding carboxylic acids is 1. The Kier molecular flexibility index (Phi) is 3.21. The van der Waals surface area contributed by atoms with Crippen molar-refractivity contribution in [1.29, 1.82) is 0 Å². The van der Waals surface area contributed by atoms with Gasteiger partial charge in [-0.2, -0.15) is 0 Å². The largest absolute Gasteiger partial charge is 0.368 e. The van der Waals surface area contributed by atoms with Crippen molar-refractivity contribution in [1.82, 2.24) is 14.9 Å². The van der Waals surface area contributed by atoms with E-state index in [-0.39, 0.29) is 18.0 Å². The Morgan fingerprint density at radius 2 is 1.85 bits per heavy atom. The van der Waals surface area contributed by atoms with Crippen molar-refractivity contribution in [2.75, 3.05) is 0 Å². The number of hydrogen-bond acceptors (Lipinski definition) is 2. The molecule has 5 rings (SSSR count). The molecular formula is C21H20N4O. The molecule has 0 bridgehead atoms. The summed E-state index contributed by atoms with van der Waals surface area (Å²) in [5, 5.41) is 5.82. The van der Waals surface area contributed by atoms with Gasteiger partial charge in [0.25, 0.3) is 0 Å². The van der Waals surface area contributed by atoms with Gasteiger partial charge in [-0.3, -0.25) is 10.1 Å². The number of nitrogens with zero attached hydrogens (tertiary/aromatic N) is 1. The number of para-hydroxylation sites is 2. The van der Waals surface area contributed by atoms with Gasteiger partial charge in [-0.05, 0) is 24.1 Å². The number of fused-ring (bicyclic) bond motifs is 4. The number of nitrogens with two attached hydrogens (primary N) is 1. The Labute approximate surface area is 150 Å². The average molecular weight is 344 g/mol. The maximum atomic E-state index is 12.0. The van der Waals surface area contributed by atoms with Crippen molar-refractivity contribution < 1.29 is 4.79 Å². The van der Waals surface area contributed by atoms with Crippen molar-refractivity contribution in [3.05, 3.63) is 71.5 Å². The van der Waals surface area contributed by atoms with Crippen LogP contribution >= 0.6 is 0 Å². The number of aryl methyl sites for hydroxylation is 1. The highest BCUT2D eigenvalue weighted by molar-refractivity contribution is 5.90. The normalized spacial score (nSPS) is 19.7. The van der Waals surface area contributed by atoms with Crippen LogP contribution in [0.15, 0.2) is 54.7 Å². The summed E-state index contributed by atoms with van der Waals surface area (Å²) in [7, 11) is 2.05. The minimum absolute atomic E-state index is 0.102. The summed E-state index contributed by atoms with van der Waals surface area (Å²) < 4.78 is 2.13. The maximum Gasteiger partial charge on any atom is 0.234 e. The topological polar surface area (TPSA) is 75.8 Å². The molecule has 4 N–H and O–H groups in total. The van der Waals surface area contributed by atoms with E-state index in [4.69, 9.17) is 5.73 Å². The Hall–Kier alpha value is -3.05. The highest BCUT2D eigenvalue weighted by Gasteiger charge is 2.34. The van der Waals surface area contributed by atoms with Crippen molar-refractivity contribution in [2.45, 2.75) is 18.5 Å². The number of amides is 1. The highest BCUT2D eigenvalue weighted by atomic mass is 16.1. The zero-order valence-corrected chi connectivity index (χ0v) is 14.5. The summed E-state index contributed by atoms with van der Waals surface area (Å²) >= 11 is 0. The number of carbonyl (C=O) groups is 1. The molecule has 5 heteroatoms. The lowest BCUT2D eigenvalue weighted by atomic mass is 9.90. The molecule has 2 aromatic heterocycles. The minimum atomic E-state index is -0.384. The zero-order valence-electron chi connectivity index (χ0n) is 14.5. The van der Waals surface area contributed by atoms with Gasteiger partial charge in [-0.25, -0.2) is 0 Å². The lowest BCUT2D eigenvalue weighted by Gasteiger charge is -2.29. The van der Waals surface area contributed by atoms with Gasteiger partial charge in [0.1, 0.15) is 0 Å². The Morgan fingerprint density at radius 3 is 2.65 bits per heavy atom. The number of primary amides is 1. The van der Waals surface area contributed by atoms with Crippen LogP contribution in [-0.2, 0) is 18.3 Å². The Bertz CT molecular complexity index is 1150. The SMILES string of the molecule is Cn1cc(C2NC(C(N)=O)Cc3c2[nH]c2ccccc32)c2ccccc21. The molecule has 4 aromatic rings. The predicted molar refractivity (Wildman–Crippen MR) is 103 cm³/mol. The fourth-order valence-electron chi connectivity index (χ4n) is 4.27. The molecule has 0 radical (unpaired) electrons. The molecule has 2 aromatic carbocycles. The van der Waals surface area contributed by atoms with E-state index in [2.05, 4.69) is 45.3 Å². The quantitative estimate of drug-likeness (QED) is 0.523. The smallest absolute Gasteiger partial charge is 0.234 e. The second kappa shape index (κ2) is 5.47. The monoisotopic (exact) mass is 344 g/mol. The molecule has 3 heterocycles. The third-order valence-corrected chi connectivity index (χ3v) is 5.49. The van der Waals surface area contributed by atoms with Crippen LogP contribution in [0.25, 0.3) is 21.8 Å². The van der Waals surface area contributed by atoms with Crippen LogP contribution in [0.1, 0.15) is 22.9 Å². The molecule has 0 aliphatic carbocycles. The molecule has 0 spiro atoms. The fraction of sp³-hybridized carbons (Fsp3) is 0.190. The number of aromatic amines is 1. The second-order valence-corrected chi connectivity index (χ2v) is 7.03. The third kappa shape index (κ3) is 2.10. The molecule has 0 saturated heterocycles. The summed E-state index contributed by atoms with van der Waals surface area (Å²) in [5.41, 5.74) is 11.4. The van der Waals surface area contributed by atoms with E-state index >= 15 is 0 Å². The minimum Gasteiger partial charge on any atom is -0.368 e. The molecular weight excluding hydrogens is 324 g/mol. The summed E-state index contributed by atoms with van der Waals surface area (Å²) in [5.74, 6) is -0.314. The zero-order chi connectivity index (χ0) is 17.8. The van der Waals surface area contributed by atoms with Crippen LogP contribution in [0.2, 0.25) is 0 Å². The van der Waals surface area contributed by atoms with E-state index in [1.54, 1.807) is 0 Å².